The van der Waals surface area contributed by atoms with Gasteiger partial charge in [-0.15, -0.1) is 0 Å². The van der Waals surface area contributed by atoms with E-state index in [-0.39, 0.29) is 5.56 Å². The topological polar surface area (TPSA) is 83.0 Å². The van der Waals surface area contributed by atoms with Crippen LogP contribution in [0.1, 0.15) is 36.1 Å². The number of hydrogen-bond donors (Lipinski definition) is 1. The average Bonchev–Trinajstić information content (AvgIpc) is 3.33. The molecule has 0 saturated carbocycles. The lowest BCUT2D eigenvalue weighted by molar-refractivity contribution is 0.354. The molecule has 0 atom stereocenters. The number of aromatic amines is 1. The summed E-state index contributed by atoms with van der Waals surface area (Å²) < 4.78 is 10.9. The van der Waals surface area contributed by atoms with Crippen LogP contribution in [0.2, 0.25) is 0 Å². The number of aromatic nitrogens is 2. The van der Waals surface area contributed by atoms with E-state index in [1.807, 2.05) is 6.92 Å². The first kappa shape index (κ1) is 22.3. The summed E-state index contributed by atoms with van der Waals surface area (Å²) in [4.78, 5) is 30.2. The number of aliphatic imine (C=N–C) groups is 1. The molecule has 0 fully saturated rings. The maximum Gasteiger partial charge on any atom is 0.260 e. The van der Waals surface area contributed by atoms with Gasteiger partial charge in [0.2, 0.25) is 5.95 Å². The predicted molar refractivity (Wildman–Crippen MR) is 135 cm³/mol. The van der Waals surface area contributed by atoms with Crippen LogP contribution in [-0.4, -0.2) is 60.6 Å². The highest BCUT2D eigenvalue weighted by atomic mass is 16.5. The summed E-state index contributed by atoms with van der Waals surface area (Å²) in [6.07, 6.45) is 0.864. The van der Waals surface area contributed by atoms with Gasteiger partial charge in [-0.25, -0.2) is 4.98 Å². The van der Waals surface area contributed by atoms with Gasteiger partial charge in [-0.05, 0) is 38.3 Å². The van der Waals surface area contributed by atoms with Crippen LogP contribution in [0.4, 0.5) is 5.95 Å². The molecule has 1 aromatic heterocycles. The normalized spacial score (nSPS) is 15.6. The molecule has 0 amide bonds. The molecule has 1 N–H and O–H groups in total. The molecule has 3 aromatic rings. The Morgan fingerprint density at radius 3 is 2.71 bits per heavy atom. The number of anilines is 1. The molecule has 34 heavy (non-hydrogen) atoms. The first-order chi connectivity index (χ1) is 16.4. The monoisotopic (exact) mass is 461 g/mol. The van der Waals surface area contributed by atoms with Crippen molar-refractivity contribution < 1.29 is 9.47 Å². The molecular weight excluding hydrogens is 430 g/mol. The third kappa shape index (κ3) is 3.57. The van der Waals surface area contributed by atoms with Crippen molar-refractivity contribution in [3.63, 3.8) is 0 Å². The second-order valence-corrected chi connectivity index (χ2v) is 9.13. The Balaban J connectivity index is 1.51. The molecule has 2 aliphatic heterocycles. The summed E-state index contributed by atoms with van der Waals surface area (Å²) in [5.74, 6) is 2.80. The summed E-state index contributed by atoms with van der Waals surface area (Å²) in [6, 6.07) is 8.65. The van der Waals surface area contributed by atoms with Crippen molar-refractivity contribution in [2.45, 2.75) is 39.8 Å². The van der Waals surface area contributed by atoms with E-state index >= 15 is 0 Å². The van der Waals surface area contributed by atoms with Gasteiger partial charge in [0.15, 0.2) is 11.5 Å². The van der Waals surface area contributed by atoms with Gasteiger partial charge in [0.05, 0.1) is 31.7 Å². The average molecular weight is 462 g/mol. The van der Waals surface area contributed by atoms with Crippen LogP contribution in [0.3, 0.4) is 0 Å². The van der Waals surface area contributed by atoms with Crippen LogP contribution >= 0.6 is 0 Å². The van der Waals surface area contributed by atoms with Crippen molar-refractivity contribution in [1.82, 2.24) is 14.9 Å². The molecule has 3 heterocycles. The Hall–Kier alpha value is -3.55. The van der Waals surface area contributed by atoms with E-state index in [0.29, 0.717) is 40.9 Å². The zero-order valence-electron chi connectivity index (χ0n) is 20.4. The van der Waals surface area contributed by atoms with Crippen molar-refractivity contribution in [3.05, 3.63) is 56.9 Å². The molecule has 0 bridgehead atoms. The number of H-pyrrole nitrogens is 1. The van der Waals surface area contributed by atoms with Crippen LogP contribution in [0, 0.1) is 6.92 Å². The van der Waals surface area contributed by atoms with E-state index in [9.17, 15) is 4.79 Å². The fraction of sp³-hybridized carbons (Fsp3) is 0.423. The van der Waals surface area contributed by atoms with Crippen molar-refractivity contribution in [2.75, 3.05) is 38.8 Å². The summed E-state index contributed by atoms with van der Waals surface area (Å²) in [6.45, 7) is 9.54. The Morgan fingerprint density at radius 2 is 1.97 bits per heavy atom. The number of methoxy groups -OCH3 is 2. The predicted octanol–water partition coefficient (Wildman–Crippen LogP) is 3.28. The van der Waals surface area contributed by atoms with E-state index in [1.54, 1.807) is 20.3 Å². The second kappa shape index (κ2) is 8.66. The van der Waals surface area contributed by atoms with E-state index in [0.717, 1.165) is 37.5 Å². The number of nitrogens with zero attached hydrogens (tertiary/aromatic N) is 4. The molecule has 0 saturated heterocycles. The van der Waals surface area contributed by atoms with Gasteiger partial charge >= 0.3 is 0 Å². The van der Waals surface area contributed by atoms with E-state index in [1.165, 1.54) is 16.7 Å². The third-order valence-corrected chi connectivity index (χ3v) is 6.87. The number of nitrogens with one attached hydrogen (secondary N) is 1. The summed E-state index contributed by atoms with van der Waals surface area (Å²) >= 11 is 0. The maximum absolute atomic E-state index is 13.1. The molecule has 2 aromatic carbocycles. The second-order valence-electron chi connectivity index (χ2n) is 9.13. The number of fused-ring (bicyclic) bond motifs is 2. The van der Waals surface area contributed by atoms with Crippen LogP contribution in [0.25, 0.3) is 10.9 Å². The van der Waals surface area contributed by atoms with Crippen molar-refractivity contribution in [2.24, 2.45) is 4.99 Å². The molecule has 5 rings (SSSR count). The van der Waals surface area contributed by atoms with Crippen LogP contribution in [0.15, 0.2) is 34.1 Å². The largest absolute Gasteiger partial charge is 0.493 e. The smallest absolute Gasteiger partial charge is 0.260 e. The fourth-order valence-electron chi connectivity index (χ4n) is 5.19. The molecule has 2 aliphatic rings. The third-order valence-electron chi connectivity index (χ3n) is 6.87. The lowest BCUT2D eigenvalue weighted by Gasteiger charge is -2.32. The van der Waals surface area contributed by atoms with Crippen molar-refractivity contribution in [3.8, 4) is 11.5 Å². The van der Waals surface area contributed by atoms with Crippen LogP contribution in [-0.2, 0) is 13.0 Å². The highest BCUT2D eigenvalue weighted by Gasteiger charge is 2.27. The lowest BCUT2D eigenvalue weighted by atomic mass is 9.93. The van der Waals surface area contributed by atoms with Gasteiger partial charge < -0.3 is 19.3 Å². The summed E-state index contributed by atoms with van der Waals surface area (Å²) in [7, 11) is 3.16. The van der Waals surface area contributed by atoms with E-state index in [2.05, 4.69) is 46.8 Å². The van der Waals surface area contributed by atoms with Crippen molar-refractivity contribution >= 4 is 22.7 Å². The molecule has 0 aliphatic carbocycles. The number of benzene rings is 2. The molecule has 0 unspecified atom stereocenters. The first-order valence-electron chi connectivity index (χ1n) is 11.8. The number of aryl methyl sites for hydroxylation is 1. The zero-order valence-corrected chi connectivity index (χ0v) is 20.4. The molecule has 0 radical (unpaired) electrons. The van der Waals surface area contributed by atoms with Gasteiger partial charge in [-0.1, -0.05) is 18.2 Å². The Morgan fingerprint density at radius 1 is 1.15 bits per heavy atom. The minimum Gasteiger partial charge on any atom is -0.493 e. The fourth-order valence-corrected chi connectivity index (χ4v) is 5.19. The van der Waals surface area contributed by atoms with Gasteiger partial charge in [0.1, 0.15) is 5.84 Å². The lowest BCUT2D eigenvalue weighted by Crippen LogP contribution is -2.37. The molecule has 8 nitrogen and oxygen atoms in total. The number of hydrogen-bond acceptors (Lipinski definition) is 7. The number of rotatable bonds is 5. The summed E-state index contributed by atoms with van der Waals surface area (Å²) in [5.41, 5.74) is 4.96. The van der Waals surface area contributed by atoms with Gasteiger partial charge in [-0.3, -0.25) is 14.8 Å². The minimum absolute atomic E-state index is 0.175. The van der Waals surface area contributed by atoms with Crippen LogP contribution < -0.4 is 19.9 Å². The Kier molecular flexibility index (Phi) is 5.67. The number of ether oxygens (including phenoxy) is 2. The van der Waals surface area contributed by atoms with Gasteiger partial charge in [0.25, 0.3) is 5.56 Å². The van der Waals surface area contributed by atoms with Gasteiger partial charge in [-0.2, -0.15) is 0 Å². The SMILES string of the molecule is COc1cc2nc(N3CCc4c(cccc4C4=NCCN4C(C)C)C3)[nH]c(=O)c2c(C)c1OC. The molecule has 178 valence electrons. The van der Waals surface area contributed by atoms with Crippen molar-refractivity contribution in [1.29, 1.82) is 0 Å². The highest BCUT2D eigenvalue weighted by Crippen LogP contribution is 2.35. The van der Waals surface area contributed by atoms with E-state index < -0.39 is 0 Å². The first-order valence-corrected chi connectivity index (χ1v) is 11.8. The minimum atomic E-state index is -0.175. The quantitative estimate of drug-likeness (QED) is 0.628. The highest BCUT2D eigenvalue weighted by molar-refractivity contribution is 6.01. The number of amidine groups is 1. The summed E-state index contributed by atoms with van der Waals surface area (Å²) in [5, 5.41) is 0.522. The Labute approximate surface area is 199 Å². The maximum atomic E-state index is 13.1. The van der Waals surface area contributed by atoms with Gasteiger partial charge in [0, 0.05) is 42.9 Å². The van der Waals surface area contributed by atoms with E-state index in [4.69, 9.17) is 19.5 Å². The Bertz CT molecular complexity index is 1340. The van der Waals surface area contributed by atoms with Crippen LogP contribution in [0.5, 0.6) is 11.5 Å². The molecule has 8 heteroatoms. The standard InChI is InChI=1S/C26H31N5O3/c1-15(2)31-12-10-27-24(31)19-8-6-7-17-14-30(11-9-18(17)19)26-28-20-13-21(33-4)23(34-5)16(3)22(20)25(32)29-26/h6-8,13,15H,9-12,14H2,1-5H3,(H,28,29,32). The molecule has 0 spiro atoms. The molecular formula is C26H31N5O3. The zero-order chi connectivity index (χ0) is 24.0.